The smallest absolute Gasteiger partial charge is 0.321 e. The number of para-hydroxylation sites is 1. The van der Waals surface area contributed by atoms with Gasteiger partial charge in [-0.25, -0.2) is 13.6 Å². The fraction of sp³-hybridized carbons (Fsp3) is 0.607. The first-order valence-electron chi connectivity index (χ1n) is 13.8. The van der Waals surface area contributed by atoms with Gasteiger partial charge < -0.3 is 26.6 Å². The molecular formula is C28H37F2N5O5. The van der Waals surface area contributed by atoms with Crippen molar-refractivity contribution in [2.75, 3.05) is 18.9 Å². The lowest BCUT2D eigenvalue weighted by Crippen LogP contribution is -2.39. The number of hydrogen-bond donors (Lipinski definition) is 4. The molecule has 10 nitrogen and oxygen atoms in total. The van der Waals surface area contributed by atoms with E-state index in [2.05, 4.69) is 16.0 Å². The number of primary amides is 1. The van der Waals surface area contributed by atoms with Gasteiger partial charge in [0.2, 0.25) is 17.6 Å². The van der Waals surface area contributed by atoms with Crippen molar-refractivity contribution in [3.05, 3.63) is 29.3 Å². The Bertz CT molecular complexity index is 1180. The Kier molecular flexibility index (Phi) is 8.74. The third kappa shape index (κ3) is 7.14. The van der Waals surface area contributed by atoms with E-state index in [0.717, 1.165) is 12.8 Å². The van der Waals surface area contributed by atoms with Crippen LogP contribution in [0.5, 0.6) is 0 Å². The molecule has 1 aliphatic heterocycles. The summed E-state index contributed by atoms with van der Waals surface area (Å²) in [4.78, 5) is 65.9. The third-order valence-electron chi connectivity index (χ3n) is 8.06. The third-order valence-corrected chi connectivity index (χ3v) is 8.06. The van der Waals surface area contributed by atoms with Crippen LogP contribution in [0.2, 0.25) is 0 Å². The molecule has 2 aliphatic carbocycles. The lowest BCUT2D eigenvalue weighted by molar-refractivity contribution is -0.139. The SMILES string of the molecule is C[C@@H]1C[C@H](C[C@H](C(=O)C(=O)NC2CC2)c2cccc(C(N)=O)c2NC(=O)N(C)CC2CCC(F)(F)CC2)C(=O)N1. The van der Waals surface area contributed by atoms with Crippen molar-refractivity contribution in [2.24, 2.45) is 17.6 Å². The second-order valence-corrected chi connectivity index (χ2v) is 11.5. The zero-order valence-electron chi connectivity index (χ0n) is 22.8. The van der Waals surface area contributed by atoms with Crippen LogP contribution in [0, 0.1) is 11.8 Å². The van der Waals surface area contributed by atoms with Crippen molar-refractivity contribution in [1.29, 1.82) is 0 Å². The second-order valence-electron chi connectivity index (χ2n) is 11.5. The van der Waals surface area contributed by atoms with E-state index in [1.807, 2.05) is 6.92 Å². The minimum absolute atomic E-state index is 0.00427. The van der Waals surface area contributed by atoms with Crippen LogP contribution >= 0.6 is 0 Å². The maximum Gasteiger partial charge on any atom is 0.321 e. The van der Waals surface area contributed by atoms with Gasteiger partial charge in [-0.2, -0.15) is 0 Å². The van der Waals surface area contributed by atoms with Crippen molar-refractivity contribution >= 4 is 35.2 Å². The summed E-state index contributed by atoms with van der Waals surface area (Å²) in [6.45, 7) is 2.07. The lowest BCUT2D eigenvalue weighted by Gasteiger charge is -2.31. The number of hydrogen-bond acceptors (Lipinski definition) is 5. The monoisotopic (exact) mass is 561 g/mol. The number of alkyl halides is 2. The Labute approximate surface area is 231 Å². The van der Waals surface area contributed by atoms with Crippen molar-refractivity contribution in [3.8, 4) is 0 Å². The summed E-state index contributed by atoms with van der Waals surface area (Å²) in [5.41, 5.74) is 5.77. The molecule has 1 aromatic rings. The number of carbonyl (C=O) groups is 5. The highest BCUT2D eigenvalue weighted by molar-refractivity contribution is 6.38. The standard InChI is InChI=1S/C28H37F2N5O5/c1-15-12-17(25(38)32-15)13-21(23(36)26(39)33-18-6-7-18)19-4-3-5-20(24(31)37)22(19)34-27(40)35(2)14-16-8-10-28(29,30)11-9-16/h3-5,15-18,21H,6-14H2,1-2H3,(H2,31,37)(H,32,38)(H,33,39)(H,34,40)/t15-,17-,21+/m1/s1. The molecule has 5 N–H and O–H groups in total. The Balaban J connectivity index is 1.61. The van der Waals surface area contributed by atoms with Gasteiger partial charge in [0.05, 0.1) is 17.2 Å². The number of carbonyl (C=O) groups excluding carboxylic acids is 5. The van der Waals surface area contributed by atoms with Crippen LogP contribution < -0.4 is 21.7 Å². The fourth-order valence-electron chi connectivity index (χ4n) is 5.62. The maximum atomic E-state index is 13.6. The predicted octanol–water partition coefficient (Wildman–Crippen LogP) is 2.92. The van der Waals surface area contributed by atoms with Crippen LogP contribution in [-0.4, -0.2) is 66.0 Å². The second kappa shape index (κ2) is 11.9. The Morgan fingerprint density at radius 1 is 1.15 bits per heavy atom. The van der Waals surface area contributed by atoms with Crippen molar-refractivity contribution in [2.45, 2.75) is 82.2 Å². The van der Waals surface area contributed by atoms with Crippen LogP contribution in [0.3, 0.4) is 0 Å². The van der Waals surface area contributed by atoms with Gasteiger partial charge in [0.1, 0.15) is 0 Å². The highest BCUT2D eigenvalue weighted by Crippen LogP contribution is 2.38. The van der Waals surface area contributed by atoms with Crippen LogP contribution in [0.4, 0.5) is 19.3 Å². The number of anilines is 1. The molecule has 1 aromatic carbocycles. The number of amides is 5. The molecule has 40 heavy (non-hydrogen) atoms. The Hall–Kier alpha value is -3.57. The van der Waals surface area contributed by atoms with E-state index in [4.69, 9.17) is 5.73 Å². The van der Waals surface area contributed by atoms with E-state index in [9.17, 15) is 32.8 Å². The first-order chi connectivity index (χ1) is 18.8. The number of rotatable bonds is 10. The molecule has 0 unspecified atom stereocenters. The number of urea groups is 1. The average Bonchev–Trinajstić information content (AvgIpc) is 3.65. The fourth-order valence-corrected chi connectivity index (χ4v) is 5.62. The van der Waals surface area contributed by atoms with Gasteiger partial charge in [-0.1, -0.05) is 12.1 Å². The minimum atomic E-state index is -2.69. The lowest BCUT2D eigenvalue weighted by atomic mass is 9.82. The van der Waals surface area contributed by atoms with E-state index in [1.54, 1.807) is 0 Å². The quantitative estimate of drug-likeness (QED) is 0.324. The first kappa shape index (κ1) is 29.4. The zero-order chi connectivity index (χ0) is 29.2. The summed E-state index contributed by atoms with van der Waals surface area (Å²) in [5.74, 6) is -7.11. The predicted molar refractivity (Wildman–Crippen MR) is 143 cm³/mol. The summed E-state index contributed by atoms with van der Waals surface area (Å²) >= 11 is 0. The molecule has 2 saturated carbocycles. The van der Waals surface area contributed by atoms with Crippen LogP contribution in [0.1, 0.15) is 80.1 Å². The molecule has 3 fully saturated rings. The Morgan fingerprint density at radius 2 is 1.82 bits per heavy atom. The highest BCUT2D eigenvalue weighted by Gasteiger charge is 2.39. The van der Waals surface area contributed by atoms with Crippen LogP contribution in [0.15, 0.2) is 18.2 Å². The van der Waals surface area contributed by atoms with Crippen LogP contribution in [0.25, 0.3) is 0 Å². The number of ketones is 1. The first-order valence-corrected chi connectivity index (χ1v) is 13.8. The molecule has 0 radical (unpaired) electrons. The number of halogens is 2. The zero-order valence-corrected chi connectivity index (χ0v) is 22.8. The summed E-state index contributed by atoms with van der Waals surface area (Å²) in [5, 5.41) is 8.20. The maximum absolute atomic E-state index is 13.6. The average molecular weight is 562 g/mol. The van der Waals surface area contributed by atoms with Gasteiger partial charge >= 0.3 is 6.03 Å². The number of nitrogens with two attached hydrogens (primary N) is 1. The van der Waals surface area contributed by atoms with Gasteiger partial charge in [0.25, 0.3) is 11.8 Å². The number of benzene rings is 1. The molecule has 0 spiro atoms. The number of Topliss-reactive ketones (excluding diaryl/α,β-unsaturated/α-hetero) is 1. The summed E-state index contributed by atoms with van der Waals surface area (Å²) in [6.07, 6.45) is 2.11. The molecule has 218 valence electrons. The molecule has 3 atom stereocenters. The van der Waals surface area contributed by atoms with E-state index in [0.29, 0.717) is 6.42 Å². The van der Waals surface area contributed by atoms with Gasteiger partial charge in [0.15, 0.2) is 0 Å². The van der Waals surface area contributed by atoms with E-state index < -0.39 is 41.4 Å². The van der Waals surface area contributed by atoms with E-state index in [1.165, 1.54) is 30.1 Å². The largest absolute Gasteiger partial charge is 0.366 e. The van der Waals surface area contributed by atoms with E-state index >= 15 is 0 Å². The van der Waals surface area contributed by atoms with Gasteiger partial charge in [-0.3, -0.25) is 19.2 Å². The number of nitrogens with one attached hydrogen (secondary N) is 3. The molecule has 5 amide bonds. The molecule has 1 heterocycles. The van der Waals surface area contributed by atoms with Crippen molar-refractivity contribution < 1.29 is 32.8 Å². The number of nitrogens with zero attached hydrogens (tertiary/aromatic N) is 1. The molecule has 3 aliphatic rings. The highest BCUT2D eigenvalue weighted by atomic mass is 19.3. The molecule has 1 saturated heterocycles. The van der Waals surface area contributed by atoms with E-state index in [-0.39, 0.29) is 79.4 Å². The molecule has 0 bridgehead atoms. The van der Waals surface area contributed by atoms with Gasteiger partial charge in [-0.05, 0) is 63.0 Å². The van der Waals surface area contributed by atoms with Crippen LogP contribution in [-0.2, 0) is 14.4 Å². The van der Waals surface area contributed by atoms with Crippen molar-refractivity contribution in [1.82, 2.24) is 15.5 Å². The summed E-state index contributed by atoms with van der Waals surface area (Å²) < 4.78 is 27.1. The summed E-state index contributed by atoms with van der Waals surface area (Å²) in [7, 11) is 1.52. The topological polar surface area (TPSA) is 151 Å². The summed E-state index contributed by atoms with van der Waals surface area (Å²) in [6, 6.07) is 3.66. The molecule has 4 rings (SSSR count). The minimum Gasteiger partial charge on any atom is -0.366 e. The molecule has 12 heteroatoms. The normalized spacial score (nSPS) is 23.1. The Morgan fingerprint density at radius 3 is 2.40 bits per heavy atom. The van der Waals surface area contributed by atoms with Gasteiger partial charge in [0, 0.05) is 44.4 Å². The molecule has 0 aromatic heterocycles. The van der Waals surface area contributed by atoms with Crippen molar-refractivity contribution in [3.63, 3.8) is 0 Å². The molecular weight excluding hydrogens is 524 g/mol. The van der Waals surface area contributed by atoms with Gasteiger partial charge in [-0.15, -0.1) is 0 Å².